The zero-order chi connectivity index (χ0) is 13.4. The third-order valence-corrected chi connectivity index (χ3v) is 2.82. The fourth-order valence-corrected chi connectivity index (χ4v) is 1.75. The second-order valence-corrected chi connectivity index (χ2v) is 4.31. The molecule has 5 heteroatoms. The van der Waals surface area contributed by atoms with Crippen molar-refractivity contribution in [1.82, 2.24) is 4.57 Å². The van der Waals surface area contributed by atoms with Gasteiger partial charge in [0.15, 0.2) is 5.78 Å². The Bertz CT molecular complexity index is 468. The van der Waals surface area contributed by atoms with Gasteiger partial charge in [0.05, 0.1) is 0 Å². The summed E-state index contributed by atoms with van der Waals surface area (Å²) in [5.41, 5.74) is 0.478. The van der Waals surface area contributed by atoms with Crippen molar-refractivity contribution in [1.29, 1.82) is 0 Å². The summed E-state index contributed by atoms with van der Waals surface area (Å²) in [5, 5.41) is 0. The van der Waals surface area contributed by atoms with E-state index in [4.69, 9.17) is 0 Å². The van der Waals surface area contributed by atoms with Crippen LogP contribution in [-0.2, 0) is 11.3 Å². The molecule has 1 aromatic rings. The number of pyridine rings is 1. The van der Waals surface area contributed by atoms with Crippen LogP contribution in [0.15, 0.2) is 23.1 Å². The van der Waals surface area contributed by atoms with Gasteiger partial charge in [-0.1, -0.05) is 19.3 Å². The monoisotopic (exact) mass is 287 g/mol. The SMILES string of the molecule is CC(=O)c1ccc(=O)n(CCCCCC[C-]=O)c1.[K+]. The maximum absolute atomic E-state index is 11.6. The van der Waals surface area contributed by atoms with E-state index in [1.807, 2.05) is 6.29 Å². The topological polar surface area (TPSA) is 56.1 Å². The molecule has 0 aliphatic heterocycles. The van der Waals surface area contributed by atoms with Gasteiger partial charge in [0, 0.05) is 24.4 Å². The summed E-state index contributed by atoms with van der Waals surface area (Å²) in [7, 11) is 0. The summed E-state index contributed by atoms with van der Waals surface area (Å²) in [4.78, 5) is 32.8. The zero-order valence-corrected chi connectivity index (χ0v) is 14.8. The molecule has 0 bridgehead atoms. The predicted molar refractivity (Wildman–Crippen MR) is 69.5 cm³/mol. The number of hydrogen-bond donors (Lipinski definition) is 0. The van der Waals surface area contributed by atoms with Crippen LogP contribution in [0.2, 0.25) is 0 Å². The van der Waals surface area contributed by atoms with Crippen molar-refractivity contribution >= 4 is 12.1 Å². The van der Waals surface area contributed by atoms with Crippen LogP contribution in [0.4, 0.5) is 0 Å². The molecular formula is C14H18KNO3. The van der Waals surface area contributed by atoms with E-state index < -0.39 is 0 Å². The maximum atomic E-state index is 11.6. The molecule has 0 amide bonds. The smallest absolute Gasteiger partial charge is 0.542 e. The number of aromatic nitrogens is 1. The Kier molecular flexibility index (Phi) is 10.6. The Balaban J connectivity index is 0.00000324. The predicted octanol–water partition coefficient (Wildman–Crippen LogP) is -0.885. The molecule has 1 aromatic heterocycles. The van der Waals surface area contributed by atoms with Gasteiger partial charge in [-0.05, 0) is 19.4 Å². The van der Waals surface area contributed by atoms with Gasteiger partial charge >= 0.3 is 51.4 Å². The van der Waals surface area contributed by atoms with Gasteiger partial charge in [-0.15, -0.1) is 0 Å². The third kappa shape index (κ3) is 7.32. The molecule has 0 fully saturated rings. The van der Waals surface area contributed by atoms with E-state index in [2.05, 4.69) is 0 Å². The second kappa shape index (κ2) is 10.7. The number of aryl methyl sites for hydroxylation is 1. The fourth-order valence-electron chi connectivity index (χ4n) is 1.75. The van der Waals surface area contributed by atoms with Crippen molar-refractivity contribution in [2.45, 2.75) is 45.6 Å². The number of Topliss-reactive ketones (excluding diaryl/α,β-unsaturated/α-hetero) is 1. The zero-order valence-electron chi connectivity index (χ0n) is 11.6. The molecule has 98 valence electrons. The molecular weight excluding hydrogens is 269 g/mol. The minimum absolute atomic E-state index is 0. The summed E-state index contributed by atoms with van der Waals surface area (Å²) < 4.78 is 1.57. The summed E-state index contributed by atoms with van der Waals surface area (Å²) in [6, 6.07) is 2.99. The first-order chi connectivity index (χ1) is 8.65. The van der Waals surface area contributed by atoms with Gasteiger partial charge in [0.1, 0.15) is 0 Å². The Morgan fingerprint density at radius 2 is 1.89 bits per heavy atom. The molecule has 19 heavy (non-hydrogen) atoms. The molecule has 4 nitrogen and oxygen atoms in total. The average Bonchev–Trinajstić information content (AvgIpc) is 2.35. The number of unbranched alkanes of at least 4 members (excludes halogenated alkanes) is 4. The fraction of sp³-hybridized carbons (Fsp3) is 0.500. The van der Waals surface area contributed by atoms with Crippen molar-refractivity contribution in [3.8, 4) is 0 Å². The number of nitrogens with zero attached hydrogens (tertiary/aromatic N) is 1. The van der Waals surface area contributed by atoms with Crippen molar-refractivity contribution in [2.24, 2.45) is 0 Å². The molecule has 1 rings (SSSR count). The number of ketones is 1. The van der Waals surface area contributed by atoms with Crippen LogP contribution in [-0.4, -0.2) is 16.6 Å². The van der Waals surface area contributed by atoms with E-state index in [0.29, 0.717) is 18.5 Å². The van der Waals surface area contributed by atoms with Crippen LogP contribution in [0.1, 0.15) is 49.4 Å². The molecule has 0 unspecified atom stereocenters. The van der Waals surface area contributed by atoms with Crippen molar-refractivity contribution in [3.63, 3.8) is 0 Å². The van der Waals surface area contributed by atoms with Crippen LogP contribution in [0.25, 0.3) is 0 Å². The Morgan fingerprint density at radius 3 is 2.53 bits per heavy atom. The van der Waals surface area contributed by atoms with Gasteiger partial charge in [0.2, 0.25) is 0 Å². The first-order valence-corrected chi connectivity index (χ1v) is 6.21. The Hall–Kier alpha value is -0.0736. The van der Waals surface area contributed by atoms with Gasteiger partial charge in [0.25, 0.3) is 5.56 Å². The van der Waals surface area contributed by atoms with Gasteiger partial charge < -0.3 is 9.36 Å². The minimum Gasteiger partial charge on any atom is -0.542 e. The molecule has 0 aliphatic carbocycles. The number of carbonyl (C=O) groups excluding carboxylic acids is 2. The molecule has 0 atom stereocenters. The molecule has 0 N–H and O–H groups in total. The first kappa shape index (κ1) is 18.9. The molecule has 0 aromatic carbocycles. The van der Waals surface area contributed by atoms with E-state index in [9.17, 15) is 14.4 Å². The van der Waals surface area contributed by atoms with Gasteiger partial charge in [-0.3, -0.25) is 15.9 Å². The Labute approximate surface area is 156 Å². The number of rotatable bonds is 8. The van der Waals surface area contributed by atoms with E-state index in [-0.39, 0.29) is 62.7 Å². The van der Waals surface area contributed by atoms with E-state index >= 15 is 0 Å². The van der Waals surface area contributed by atoms with Crippen LogP contribution in [0, 0.1) is 0 Å². The molecule has 0 saturated heterocycles. The summed E-state index contributed by atoms with van der Waals surface area (Å²) in [6.45, 7) is 2.10. The third-order valence-electron chi connectivity index (χ3n) is 2.82. The molecule has 0 spiro atoms. The normalized spacial score (nSPS) is 9.74. The first-order valence-electron chi connectivity index (χ1n) is 6.21. The summed E-state index contributed by atoms with van der Waals surface area (Å²) >= 11 is 0. The maximum Gasteiger partial charge on any atom is 1.00 e. The van der Waals surface area contributed by atoms with E-state index in [1.54, 1.807) is 16.8 Å². The number of hydrogen-bond acceptors (Lipinski definition) is 3. The standard InChI is InChI=1S/C14H18NO3.K/c1-12(17)13-7-8-14(18)15(11-13)9-5-3-2-4-6-10-16;/h7-8,11H,2-6,9H2,1H3;/q-1;+1. The van der Waals surface area contributed by atoms with Crippen molar-refractivity contribution in [3.05, 3.63) is 34.2 Å². The second-order valence-electron chi connectivity index (χ2n) is 4.31. The van der Waals surface area contributed by atoms with Crippen LogP contribution < -0.4 is 56.9 Å². The van der Waals surface area contributed by atoms with E-state index in [1.165, 1.54) is 13.0 Å². The van der Waals surface area contributed by atoms with Gasteiger partial charge in [-0.2, -0.15) is 6.42 Å². The largest absolute Gasteiger partial charge is 1.00 e. The summed E-state index contributed by atoms with van der Waals surface area (Å²) in [5.74, 6) is -0.0368. The quantitative estimate of drug-likeness (QED) is 0.270. The van der Waals surface area contributed by atoms with E-state index in [0.717, 1.165) is 25.7 Å². The summed E-state index contributed by atoms with van der Waals surface area (Å²) in [6.07, 6.45) is 7.63. The molecule has 0 radical (unpaired) electrons. The van der Waals surface area contributed by atoms with Crippen LogP contribution >= 0.6 is 0 Å². The average molecular weight is 287 g/mol. The molecule has 0 saturated carbocycles. The number of carbonyl (C=O) groups is 1. The molecule has 1 heterocycles. The van der Waals surface area contributed by atoms with Crippen LogP contribution in [0.3, 0.4) is 0 Å². The minimum atomic E-state index is -0.0822. The van der Waals surface area contributed by atoms with Gasteiger partial charge in [-0.25, -0.2) is 0 Å². The van der Waals surface area contributed by atoms with Crippen molar-refractivity contribution in [2.75, 3.05) is 0 Å². The van der Waals surface area contributed by atoms with Crippen LogP contribution in [0.5, 0.6) is 0 Å². The Morgan fingerprint density at radius 1 is 1.21 bits per heavy atom. The molecule has 0 aliphatic rings. The van der Waals surface area contributed by atoms with Crippen molar-refractivity contribution < 1.29 is 61.0 Å².